The number of carbonyl (C=O) groups excluding carboxylic acids is 1. The van der Waals surface area contributed by atoms with Crippen LogP contribution in [-0.4, -0.2) is 79.3 Å². The van der Waals surface area contributed by atoms with Gasteiger partial charge in [0.05, 0.1) is 0 Å². The fourth-order valence-corrected chi connectivity index (χ4v) is 2.06. The Morgan fingerprint density at radius 3 is 2.75 bits per heavy atom. The number of amides is 2. The average molecular weight is 282 g/mol. The lowest BCUT2D eigenvalue weighted by molar-refractivity contribution is -0.139. The van der Waals surface area contributed by atoms with Crippen molar-refractivity contribution in [2.24, 2.45) is 0 Å². The molecule has 1 aliphatic rings. The lowest BCUT2D eigenvalue weighted by atomic mass is 10.2. The first-order valence-corrected chi connectivity index (χ1v) is 6.53. The van der Waals surface area contributed by atoms with Crippen molar-refractivity contribution in [3.05, 3.63) is 0 Å². The summed E-state index contributed by atoms with van der Waals surface area (Å²) >= 11 is 0. The van der Waals surface area contributed by atoms with E-state index in [0.717, 1.165) is 19.6 Å². The predicted molar refractivity (Wildman–Crippen MR) is 75.3 cm³/mol. The summed E-state index contributed by atoms with van der Waals surface area (Å²) in [5.41, 5.74) is 0. The number of likely N-dealkylation sites (N-methyl/N-ethyl adjacent to an activating group) is 2. The van der Waals surface area contributed by atoms with Crippen molar-refractivity contribution in [2.75, 3.05) is 40.3 Å². The number of carbonyl (C=O) groups is 2. The number of hydrogen-bond acceptors (Lipinski definition) is 4. The molecule has 0 radical (unpaired) electrons. The third-order valence-corrected chi connectivity index (χ3v) is 3.40. The van der Waals surface area contributed by atoms with Gasteiger partial charge in [0.2, 0.25) is 0 Å². The second-order valence-electron chi connectivity index (χ2n) is 5.05. The minimum Gasteiger partial charge on any atom is -0.480 e. The molecule has 1 fully saturated rings. The van der Waals surface area contributed by atoms with Crippen LogP contribution in [0.3, 0.4) is 0 Å². The number of carboxylic acids is 1. The lowest BCUT2D eigenvalue weighted by Gasteiger charge is -2.37. The van der Waals surface area contributed by atoms with E-state index in [-0.39, 0.29) is 12.5 Å². The largest absolute Gasteiger partial charge is 0.480 e. The second kappa shape index (κ2) is 7.72. The highest BCUT2D eigenvalue weighted by molar-refractivity contribution is 5.82. The van der Waals surface area contributed by atoms with E-state index in [4.69, 9.17) is 11.5 Å². The maximum absolute atomic E-state index is 11.7. The molecule has 1 rings (SSSR count). The van der Waals surface area contributed by atoms with Gasteiger partial charge in [0.15, 0.2) is 0 Å². The fourth-order valence-electron chi connectivity index (χ4n) is 2.06. The number of hydrogen-bond donors (Lipinski definition) is 3. The molecule has 0 aliphatic carbocycles. The van der Waals surface area contributed by atoms with Crippen molar-refractivity contribution in [1.29, 1.82) is 0 Å². The van der Waals surface area contributed by atoms with Crippen LogP contribution in [0.5, 0.6) is 0 Å². The van der Waals surface area contributed by atoms with Crippen molar-refractivity contribution < 1.29 is 14.7 Å². The summed E-state index contributed by atoms with van der Waals surface area (Å²) in [4.78, 5) is 26.9. The lowest BCUT2D eigenvalue weighted by Crippen LogP contribution is -2.56. The van der Waals surface area contributed by atoms with Gasteiger partial charge in [-0.25, -0.2) is 9.59 Å². The monoisotopic (exact) mass is 282 g/mol. The zero-order chi connectivity index (χ0) is 15.1. The Kier molecular flexibility index (Phi) is 6.28. The predicted octanol–water partition coefficient (Wildman–Crippen LogP) is -0.992. The summed E-state index contributed by atoms with van der Waals surface area (Å²) in [6.07, 6.45) is 5.04. The molecular weight excluding hydrogens is 260 g/mol. The normalized spacial score (nSPS) is 21.8. The standard InChI is InChI=1S/C13H22N4O3/c1-4-5-11(12(18)19)15-13(20)14-8-10-9-16(2)6-7-17(10)3/h1,10-11H,5-9H2,2-3H3,(H,18,19)(H2,14,15,20). The van der Waals surface area contributed by atoms with Crippen LogP contribution in [0.1, 0.15) is 6.42 Å². The third-order valence-electron chi connectivity index (χ3n) is 3.40. The van der Waals surface area contributed by atoms with Gasteiger partial charge in [-0.15, -0.1) is 12.3 Å². The van der Waals surface area contributed by atoms with Crippen LogP contribution in [0.25, 0.3) is 0 Å². The highest BCUT2D eigenvalue weighted by atomic mass is 16.4. The van der Waals surface area contributed by atoms with Crippen molar-refractivity contribution in [2.45, 2.75) is 18.5 Å². The molecule has 20 heavy (non-hydrogen) atoms. The molecule has 0 aromatic carbocycles. The minimum absolute atomic E-state index is 0.0329. The molecular formula is C13H22N4O3. The van der Waals surface area contributed by atoms with Crippen molar-refractivity contribution in [1.82, 2.24) is 20.4 Å². The highest BCUT2D eigenvalue weighted by Gasteiger charge is 2.23. The van der Waals surface area contributed by atoms with Crippen LogP contribution in [-0.2, 0) is 4.79 Å². The van der Waals surface area contributed by atoms with Gasteiger partial charge in [0, 0.05) is 38.6 Å². The van der Waals surface area contributed by atoms with E-state index in [0.29, 0.717) is 6.54 Å². The molecule has 2 amide bonds. The minimum atomic E-state index is -1.13. The van der Waals surface area contributed by atoms with Gasteiger partial charge < -0.3 is 20.6 Å². The third kappa shape index (κ3) is 5.07. The van der Waals surface area contributed by atoms with Crippen LogP contribution in [0.15, 0.2) is 0 Å². The molecule has 3 N–H and O–H groups in total. The van der Waals surface area contributed by atoms with E-state index in [1.807, 2.05) is 14.1 Å². The molecule has 1 aliphatic heterocycles. The molecule has 2 unspecified atom stereocenters. The van der Waals surface area contributed by atoms with E-state index in [2.05, 4.69) is 26.4 Å². The van der Waals surface area contributed by atoms with Crippen molar-refractivity contribution >= 4 is 12.0 Å². The Balaban J connectivity index is 2.38. The number of carboxylic acid groups (broad SMARTS) is 1. The molecule has 0 aromatic rings. The summed E-state index contributed by atoms with van der Waals surface area (Å²) < 4.78 is 0. The van der Waals surface area contributed by atoms with E-state index >= 15 is 0 Å². The molecule has 1 heterocycles. The quantitative estimate of drug-likeness (QED) is 0.564. The first kappa shape index (κ1) is 16.3. The number of terminal acetylenes is 1. The summed E-state index contributed by atoms with van der Waals surface area (Å²) in [5.74, 6) is 1.10. The maximum atomic E-state index is 11.7. The van der Waals surface area contributed by atoms with Crippen LogP contribution >= 0.6 is 0 Å². The molecule has 0 bridgehead atoms. The SMILES string of the molecule is C#CCC(NC(=O)NCC1CN(C)CCN1C)C(=O)O. The topological polar surface area (TPSA) is 84.9 Å². The molecule has 2 atom stereocenters. The van der Waals surface area contributed by atoms with Crippen LogP contribution in [0, 0.1) is 12.3 Å². The number of aliphatic carboxylic acids is 1. The fraction of sp³-hybridized carbons (Fsp3) is 0.692. The van der Waals surface area contributed by atoms with E-state index in [1.54, 1.807) is 0 Å². The summed E-state index contributed by atoms with van der Waals surface area (Å²) in [6, 6.07) is -1.34. The average Bonchev–Trinajstić information content (AvgIpc) is 2.39. The van der Waals surface area contributed by atoms with Gasteiger partial charge in [-0.05, 0) is 14.1 Å². The maximum Gasteiger partial charge on any atom is 0.327 e. The molecule has 7 heteroatoms. The molecule has 0 saturated carbocycles. The van der Waals surface area contributed by atoms with Gasteiger partial charge in [-0.2, -0.15) is 0 Å². The molecule has 7 nitrogen and oxygen atoms in total. The number of nitrogens with one attached hydrogen (secondary N) is 2. The van der Waals surface area contributed by atoms with Gasteiger partial charge in [-0.1, -0.05) is 0 Å². The Morgan fingerprint density at radius 1 is 1.45 bits per heavy atom. The van der Waals surface area contributed by atoms with E-state index in [1.165, 1.54) is 0 Å². The van der Waals surface area contributed by atoms with Crippen LogP contribution < -0.4 is 10.6 Å². The summed E-state index contributed by atoms with van der Waals surface area (Å²) in [7, 11) is 4.04. The molecule has 112 valence electrons. The van der Waals surface area contributed by atoms with Crippen LogP contribution in [0.2, 0.25) is 0 Å². The van der Waals surface area contributed by atoms with Gasteiger partial charge in [-0.3, -0.25) is 4.90 Å². The summed E-state index contributed by atoms with van der Waals surface area (Å²) in [6.45, 7) is 3.28. The molecule has 0 aromatic heterocycles. The molecule has 0 spiro atoms. The molecule has 1 saturated heterocycles. The van der Waals surface area contributed by atoms with E-state index in [9.17, 15) is 9.59 Å². The Labute approximate surface area is 119 Å². The number of urea groups is 1. The first-order valence-electron chi connectivity index (χ1n) is 6.53. The summed E-state index contributed by atoms with van der Waals surface area (Å²) in [5, 5.41) is 13.9. The van der Waals surface area contributed by atoms with E-state index < -0.39 is 18.0 Å². The van der Waals surface area contributed by atoms with Crippen LogP contribution in [0.4, 0.5) is 4.79 Å². The van der Waals surface area contributed by atoms with Gasteiger partial charge in [0.1, 0.15) is 6.04 Å². The van der Waals surface area contributed by atoms with Gasteiger partial charge >= 0.3 is 12.0 Å². The van der Waals surface area contributed by atoms with Gasteiger partial charge in [0.25, 0.3) is 0 Å². The zero-order valence-electron chi connectivity index (χ0n) is 11.9. The highest BCUT2D eigenvalue weighted by Crippen LogP contribution is 2.04. The van der Waals surface area contributed by atoms with Crippen molar-refractivity contribution in [3.63, 3.8) is 0 Å². The Bertz CT molecular complexity index is 394. The number of piperazine rings is 1. The van der Waals surface area contributed by atoms with Crippen molar-refractivity contribution in [3.8, 4) is 12.3 Å². The smallest absolute Gasteiger partial charge is 0.327 e. The number of nitrogens with zero attached hydrogens (tertiary/aromatic N) is 2. The first-order chi connectivity index (χ1) is 9.43. The number of rotatable bonds is 5. The Morgan fingerprint density at radius 2 is 2.15 bits per heavy atom. The second-order valence-corrected chi connectivity index (χ2v) is 5.05. The zero-order valence-corrected chi connectivity index (χ0v) is 11.9. The Hall–Kier alpha value is -1.78.